The number of hydrogen-bond donors (Lipinski definition) is 0. The third kappa shape index (κ3) is 4.13. The molecule has 160 valence electrons. The van der Waals surface area contributed by atoms with Crippen molar-refractivity contribution in [1.82, 2.24) is 9.61 Å². The number of hydrogen-bond acceptors (Lipinski definition) is 4. The lowest BCUT2D eigenvalue weighted by Crippen LogP contribution is -2.16. The van der Waals surface area contributed by atoms with Gasteiger partial charge in [-0.3, -0.25) is 0 Å². The lowest BCUT2D eigenvalue weighted by molar-refractivity contribution is 0.0335. The molecule has 32 heavy (non-hydrogen) atoms. The molecule has 1 atom stereocenters. The maximum Gasteiger partial charge on any atom is 0.340 e. The number of ether oxygens (including phenoxy) is 1. The summed E-state index contributed by atoms with van der Waals surface area (Å²) in [6.07, 6.45) is 4.94. The van der Waals surface area contributed by atoms with E-state index in [9.17, 15) is 10.1 Å². The Balaban J connectivity index is 1.67. The molecule has 4 aromatic rings. The van der Waals surface area contributed by atoms with E-state index in [1.165, 1.54) is 0 Å². The highest BCUT2D eigenvalue weighted by molar-refractivity contribution is 5.99. The number of benzene rings is 2. The second kappa shape index (κ2) is 9.07. The van der Waals surface area contributed by atoms with E-state index in [0.29, 0.717) is 17.5 Å². The number of esters is 1. The number of nitriles is 1. The lowest BCUT2D eigenvalue weighted by Gasteiger charge is -2.14. The van der Waals surface area contributed by atoms with Crippen LogP contribution in [0.3, 0.4) is 0 Å². The average molecular weight is 424 g/mol. The van der Waals surface area contributed by atoms with Gasteiger partial charge in [0, 0.05) is 18.2 Å². The SMILES string of the molecule is CCC(C)OC(=O)c1c(C)ccn2ncc(Cc3ccc(-c4ccccc4C#N)cc3)c12. The van der Waals surface area contributed by atoms with Gasteiger partial charge in [-0.2, -0.15) is 10.4 Å². The van der Waals surface area contributed by atoms with Crippen LogP contribution in [0.15, 0.2) is 67.0 Å². The molecule has 0 aliphatic carbocycles. The highest BCUT2D eigenvalue weighted by Crippen LogP contribution is 2.26. The van der Waals surface area contributed by atoms with Crippen molar-refractivity contribution in [2.45, 2.75) is 39.7 Å². The first-order valence-corrected chi connectivity index (χ1v) is 10.8. The Hall–Kier alpha value is -3.91. The number of pyridine rings is 1. The standard InChI is InChI=1S/C27H25N3O2/c1-4-19(3)32-27(31)25-18(2)13-14-30-26(25)23(17-29-30)15-20-9-11-21(12-10-20)24-8-6-5-7-22(24)16-28/h5-14,17,19H,4,15H2,1-3H3. The monoisotopic (exact) mass is 423 g/mol. The molecule has 0 aliphatic heterocycles. The van der Waals surface area contributed by atoms with Crippen molar-refractivity contribution < 1.29 is 9.53 Å². The molecule has 0 spiro atoms. The second-order valence-electron chi connectivity index (χ2n) is 7.99. The van der Waals surface area contributed by atoms with E-state index >= 15 is 0 Å². The van der Waals surface area contributed by atoms with Gasteiger partial charge >= 0.3 is 5.97 Å². The number of rotatable bonds is 6. The Labute approximate surface area is 187 Å². The summed E-state index contributed by atoms with van der Waals surface area (Å²) in [6, 6.07) is 19.9. The van der Waals surface area contributed by atoms with Crippen molar-refractivity contribution in [1.29, 1.82) is 5.26 Å². The van der Waals surface area contributed by atoms with Gasteiger partial charge in [-0.1, -0.05) is 49.4 Å². The Kier molecular flexibility index (Phi) is 6.04. The van der Waals surface area contributed by atoms with E-state index in [1.807, 2.05) is 75.6 Å². The minimum atomic E-state index is -0.312. The summed E-state index contributed by atoms with van der Waals surface area (Å²) in [7, 11) is 0. The minimum Gasteiger partial charge on any atom is -0.459 e. The van der Waals surface area contributed by atoms with Gasteiger partial charge in [0.1, 0.15) is 0 Å². The summed E-state index contributed by atoms with van der Waals surface area (Å²) in [4.78, 5) is 12.9. The summed E-state index contributed by atoms with van der Waals surface area (Å²) >= 11 is 0. The first-order chi connectivity index (χ1) is 15.5. The van der Waals surface area contributed by atoms with Gasteiger partial charge in [0.2, 0.25) is 0 Å². The first-order valence-electron chi connectivity index (χ1n) is 10.8. The Morgan fingerprint density at radius 1 is 1.16 bits per heavy atom. The zero-order valence-electron chi connectivity index (χ0n) is 18.5. The topological polar surface area (TPSA) is 67.4 Å². The number of carbonyl (C=O) groups excluding carboxylic acids is 1. The molecular formula is C27H25N3O2. The summed E-state index contributed by atoms with van der Waals surface area (Å²) < 4.78 is 7.37. The molecule has 2 heterocycles. The summed E-state index contributed by atoms with van der Waals surface area (Å²) in [6.45, 7) is 5.82. The van der Waals surface area contributed by atoms with Crippen LogP contribution in [-0.2, 0) is 11.2 Å². The smallest absolute Gasteiger partial charge is 0.340 e. The van der Waals surface area contributed by atoms with E-state index in [4.69, 9.17) is 4.74 Å². The van der Waals surface area contributed by atoms with Crippen LogP contribution in [0.25, 0.3) is 16.6 Å². The number of fused-ring (bicyclic) bond motifs is 1. The molecule has 4 rings (SSSR count). The van der Waals surface area contributed by atoms with E-state index in [1.54, 1.807) is 4.52 Å². The van der Waals surface area contributed by atoms with Crippen LogP contribution in [-0.4, -0.2) is 21.7 Å². The molecule has 0 amide bonds. The van der Waals surface area contributed by atoms with Crippen molar-refractivity contribution in [3.8, 4) is 17.2 Å². The molecule has 0 bridgehead atoms. The van der Waals surface area contributed by atoms with Crippen LogP contribution in [0.4, 0.5) is 0 Å². The summed E-state index contributed by atoms with van der Waals surface area (Å²) in [5, 5.41) is 13.8. The van der Waals surface area contributed by atoms with E-state index in [-0.39, 0.29) is 12.1 Å². The molecular weight excluding hydrogens is 398 g/mol. The normalized spacial score (nSPS) is 11.8. The van der Waals surface area contributed by atoms with Crippen molar-refractivity contribution in [2.24, 2.45) is 0 Å². The van der Waals surface area contributed by atoms with Gasteiger partial charge in [0.15, 0.2) is 0 Å². The quantitative estimate of drug-likeness (QED) is 0.372. The van der Waals surface area contributed by atoms with Crippen molar-refractivity contribution in [3.63, 3.8) is 0 Å². The van der Waals surface area contributed by atoms with Crippen LogP contribution in [0.1, 0.15) is 52.9 Å². The van der Waals surface area contributed by atoms with Crippen LogP contribution < -0.4 is 0 Å². The molecule has 0 radical (unpaired) electrons. The van der Waals surface area contributed by atoms with Gasteiger partial charge in [-0.15, -0.1) is 0 Å². The van der Waals surface area contributed by atoms with Crippen LogP contribution in [0.5, 0.6) is 0 Å². The minimum absolute atomic E-state index is 0.141. The van der Waals surface area contributed by atoms with E-state index in [0.717, 1.165) is 39.8 Å². The maximum absolute atomic E-state index is 12.9. The second-order valence-corrected chi connectivity index (χ2v) is 7.99. The zero-order valence-corrected chi connectivity index (χ0v) is 18.5. The van der Waals surface area contributed by atoms with Crippen molar-refractivity contribution >= 4 is 11.5 Å². The predicted molar refractivity (Wildman–Crippen MR) is 124 cm³/mol. The van der Waals surface area contributed by atoms with Crippen LogP contribution in [0, 0.1) is 18.3 Å². The Bertz CT molecular complexity index is 1310. The third-order valence-corrected chi connectivity index (χ3v) is 5.76. The molecule has 2 aromatic carbocycles. The number of aromatic nitrogens is 2. The predicted octanol–water partition coefficient (Wildman–Crippen LogP) is 5.73. The van der Waals surface area contributed by atoms with Gasteiger partial charge in [0.05, 0.1) is 35.0 Å². The molecule has 0 saturated heterocycles. The van der Waals surface area contributed by atoms with Crippen LogP contribution in [0.2, 0.25) is 0 Å². The molecule has 2 aromatic heterocycles. The molecule has 0 fully saturated rings. The zero-order chi connectivity index (χ0) is 22.7. The molecule has 0 saturated carbocycles. The van der Waals surface area contributed by atoms with Gasteiger partial charge < -0.3 is 4.74 Å². The molecule has 1 unspecified atom stereocenters. The van der Waals surface area contributed by atoms with Crippen molar-refractivity contribution in [3.05, 3.63) is 94.8 Å². The molecule has 0 N–H and O–H groups in total. The van der Waals surface area contributed by atoms with Gasteiger partial charge in [-0.05, 0) is 54.7 Å². The fraction of sp³-hybridized carbons (Fsp3) is 0.222. The Morgan fingerprint density at radius 3 is 2.62 bits per heavy atom. The summed E-state index contributed by atoms with van der Waals surface area (Å²) in [5.74, 6) is -0.312. The first kappa shape index (κ1) is 21.3. The van der Waals surface area contributed by atoms with E-state index in [2.05, 4.69) is 23.3 Å². The maximum atomic E-state index is 12.9. The van der Waals surface area contributed by atoms with Gasteiger partial charge in [0.25, 0.3) is 0 Å². The highest BCUT2D eigenvalue weighted by Gasteiger charge is 2.21. The molecule has 0 aliphatic rings. The van der Waals surface area contributed by atoms with Crippen molar-refractivity contribution in [2.75, 3.05) is 0 Å². The molecule has 5 heteroatoms. The highest BCUT2D eigenvalue weighted by atomic mass is 16.5. The van der Waals surface area contributed by atoms with E-state index < -0.39 is 0 Å². The number of nitrogens with zero attached hydrogens (tertiary/aromatic N) is 3. The fourth-order valence-electron chi connectivity index (χ4n) is 3.80. The number of carbonyl (C=O) groups is 1. The lowest BCUT2D eigenvalue weighted by atomic mass is 9.97. The molecule has 5 nitrogen and oxygen atoms in total. The largest absolute Gasteiger partial charge is 0.459 e. The third-order valence-electron chi connectivity index (χ3n) is 5.76. The van der Waals surface area contributed by atoms with Gasteiger partial charge in [-0.25, -0.2) is 9.31 Å². The summed E-state index contributed by atoms with van der Waals surface area (Å²) in [5.41, 5.74) is 6.87. The average Bonchev–Trinajstić information content (AvgIpc) is 3.21. The van der Waals surface area contributed by atoms with Crippen LogP contribution >= 0.6 is 0 Å². The Morgan fingerprint density at radius 2 is 1.91 bits per heavy atom. The fourth-order valence-corrected chi connectivity index (χ4v) is 3.80. The number of aryl methyl sites for hydroxylation is 1.